The molecule has 0 aromatic heterocycles. The van der Waals surface area contributed by atoms with E-state index in [2.05, 4.69) is 15.9 Å². The lowest BCUT2D eigenvalue weighted by Gasteiger charge is -2.40. The molecule has 0 saturated carbocycles. The first kappa shape index (κ1) is 26.7. The summed E-state index contributed by atoms with van der Waals surface area (Å²) in [5.74, 6) is 0. The molecule has 2 aromatic rings. The van der Waals surface area contributed by atoms with Gasteiger partial charge < -0.3 is 14.7 Å². The number of hydrogen-bond acceptors (Lipinski definition) is 6. The maximum absolute atomic E-state index is 12.9. The van der Waals surface area contributed by atoms with E-state index in [1.807, 2.05) is 6.92 Å². The summed E-state index contributed by atoms with van der Waals surface area (Å²) < 4.78 is 37.0. The summed E-state index contributed by atoms with van der Waals surface area (Å²) in [6.07, 6.45) is 0.726. The molecule has 0 unspecified atom stereocenters. The normalized spacial score (nSPS) is 18.5. The fourth-order valence-corrected chi connectivity index (χ4v) is 5.30. The first-order valence-electron chi connectivity index (χ1n) is 11.3. The van der Waals surface area contributed by atoms with Gasteiger partial charge in [-0.1, -0.05) is 45.8 Å². The van der Waals surface area contributed by atoms with Crippen molar-refractivity contribution in [2.75, 3.05) is 13.2 Å². The number of amides is 1. The SMILES string of the molecule is Cc1ccc(S(=O)(=O)OCC[C@](O)(c2ccc(Br)cc2)[C@@H]2CCCN2C(=O)OC(C)(C)C)cc1. The highest BCUT2D eigenvalue weighted by molar-refractivity contribution is 9.10. The van der Waals surface area contributed by atoms with Crippen molar-refractivity contribution >= 4 is 32.1 Å². The van der Waals surface area contributed by atoms with E-state index in [-0.39, 0.29) is 17.9 Å². The van der Waals surface area contributed by atoms with Crippen molar-refractivity contribution in [2.45, 2.75) is 69.1 Å². The molecular weight excluding hydrogens is 522 g/mol. The van der Waals surface area contributed by atoms with Crippen LogP contribution < -0.4 is 0 Å². The molecule has 0 bridgehead atoms. The molecule has 1 amide bonds. The van der Waals surface area contributed by atoms with Crippen molar-refractivity contribution in [3.63, 3.8) is 0 Å². The molecule has 1 aliphatic rings. The van der Waals surface area contributed by atoms with Crippen LogP contribution >= 0.6 is 15.9 Å². The van der Waals surface area contributed by atoms with E-state index < -0.39 is 33.5 Å². The summed E-state index contributed by atoms with van der Waals surface area (Å²) in [6.45, 7) is 7.44. The highest BCUT2D eigenvalue weighted by atomic mass is 79.9. The van der Waals surface area contributed by atoms with E-state index in [0.717, 1.165) is 10.0 Å². The highest BCUT2D eigenvalue weighted by Gasteiger charge is 2.47. The number of nitrogens with zero attached hydrogens (tertiary/aromatic N) is 1. The van der Waals surface area contributed by atoms with Crippen molar-refractivity contribution in [3.05, 3.63) is 64.1 Å². The van der Waals surface area contributed by atoms with E-state index in [1.165, 1.54) is 12.1 Å². The van der Waals surface area contributed by atoms with Crippen LogP contribution in [0.25, 0.3) is 0 Å². The maximum atomic E-state index is 12.9. The van der Waals surface area contributed by atoms with Gasteiger partial charge in [-0.2, -0.15) is 8.42 Å². The molecule has 1 heterocycles. The molecule has 0 spiro atoms. The van der Waals surface area contributed by atoms with Gasteiger partial charge in [-0.25, -0.2) is 4.79 Å². The molecule has 7 nitrogen and oxygen atoms in total. The molecular formula is C25H32BrNO6S. The van der Waals surface area contributed by atoms with Crippen LogP contribution in [0.5, 0.6) is 0 Å². The van der Waals surface area contributed by atoms with Crippen molar-refractivity contribution in [3.8, 4) is 0 Å². The van der Waals surface area contributed by atoms with Crippen molar-refractivity contribution in [2.24, 2.45) is 0 Å². The third kappa shape index (κ3) is 6.38. The van der Waals surface area contributed by atoms with Gasteiger partial charge in [0, 0.05) is 17.4 Å². The van der Waals surface area contributed by atoms with Gasteiger partial charge in [-0.3, -0.25) is 4.18 Å². The van der Waals surface area contributed by atoms with Crippen LogP contribution in [0.1, 0.15) is 51.2 Å². The minimum atomic E-state index is -3.99. The molecule has 1 aliphatic heterocycles. The van der Waals surface area contributed by atoms with E-state index in [0.29, 0.717) is 24.9 Å². The minimum Gasteiger partial charge on any atom is -0.444 e. The zero-order valence-electron chi connectivity index (χ0n) is 20.0. The maximum Gasteiger partial charge on any atom is 0.410 e. The lowest BCUT2D eigenvalue weighted by atomic mass is 9.82. The van der Waals surface area contributed by atoms with Crippen LogP contribution in [0.4, 0.5) is 4.79 Å². The molecule has 3 rings (SSSR count). The van der Waals surface area contributed by atoms with Crippen LogP contribution in [0.15, 0.2) is 57.9 Å². The third-order valence-corrected chi connectivity index (χ3v) is 7.66. The third-order valence-electron chi connectivity index (χ3n) is 5.81. The van der Waals surface area contributed by atoms with Crippen molar-refractivity contribution in [1.82, 2.24) is 4.90 Å². The largest absolute Gasteiger partial charge is 0.444 e. The Labute approximate surface area is 210 Å². The van der Waals surface area contributed by atoms with Gasteiger partial charge in [0.15, 0.2) is 0 Å². The predicted octanol–water partition coefficient (Wildman–Crippen LogP) is 5.14. The Balaban J connectivity index is 1.85. The number of carbonyl (C=O) groups excluding carboxylic acids is 1. The summed E-state index contributed by atoms with van der Waals surface area (Å²) in [6, 6.07) is 12.9. The minimum absolute atomic E-state index is 0.0241. The Morgan fingerprint density at radius 1 is 1.12 bits per heavy atom. The number of benzene rings is 2. The Bertz CT molecular complexity index is 1100. The average Bonchev–Trinajstić information content (AvgIpc) is 3.24. The summed E-state index contributed by atoms with van der Waals surface area (Å²) in [7, 11) is -3.99. The lowest BCUT2D eigenvalue weighted by Crippen LogP contribution is -2.51. The zero-order valence-corrected chi connectivity index (χ0v) is 22.4. The van der Waals surface area contributed by atoms with Gasteiger partial charge in [0.05, 0.1) is 17.5 Å². The van der Waals surface area contributed by atoms with Gasteiger partial charge in [0.1, 0.15) is 11.2 Å². The van der Waals surface area contributed by atoms with Gasteiger partial charge in [0.25, 0.3) is 10.1 Å². The van der Waals surface area contributed by atoms with E-state index in [9.17, 15) is 18.3 Å². The number of aliphatic hydroxyl groups is 1. The molecule has 1 saturated heterocycles. The number of hydrogen-bond donors (Lipinski definition) is 1. The van der Waals surface area contributed by atoms with Crippen LogP contribution in [-0.4, -0.2) is 49.3 Å². The number of halogens is 1. The van der Waals surface area contributed by atoms with Crippen molar-refractivity contribution in [1.29, 1.82) is 0 Å². The number of carbonyl (C=O) groups is 1. The topological polar surface area (TPSA) is 93.1 Å². The molecule has 186 valence electrons. The standard InChI is InChI=1S/C25H32BrNO6S/c1-18-7-13-21(14-8-18)34(30,31)32-17-15-25(29,19-9-11-20(26)12-10-19)22-6-5-16-27(22)23(28)33-24(2,3)4/h7-14,22,29H,5-6,15-17H2,1-4H3/t22-,25-/m0/s1. The fraction of sp³-hybridized carbons (Fsp3) is 0.480. The van der Waals surface area contributed by atoms with Gasteiger partial charge in [-0.05, 0) is 70.4 Å². The lowest BCUT2D eigenvalue weighted by molar-refractivity contribution is -0.0590. The Kier molecular flexibility index (Phi) is 8.12. The second-order valence-corrected chi connectivity index (χ2v) is 12.1. The first-order valence-corrected chi connectivity index (χ1v) is 13.5. The summed E-state index contributed by atoms with van der Waals surface area (Å²) >= 11 is 3.40. The zero-order chi connectivity index (χ0) is 25.1. The number of likely N-dealkylation sites (tertiary alicyclic amines) is 1. The Morgan fingerprint density at radius 3 is 2.32 bits per heavy atom. The summed E-state index contributed by atoms with van der Waals surface area (Å²) in [5.41, 5.74) is -0.693. The second kappa shape index (κ2) is 10.4. The highest BCUT2D eigenvalue weighted by Crippen LogP contribution is 2.39. The fourth-order valence-electron chi connectivity index (χ4n) is 4.12. The summed E-state index contributed by atoms with van der Waals surface area (Å²) in [4.78, 5) is 14.5. The van der Waals surface area contributed by atoms with Gasteiger partial charge in [-0.15, -0.1) is 0 Å². The quantitative estimate of drug-likeness (QED) is 0.477. The molecule has 2 atom stereocenters. The second-order valence-electron chi connectivity index (χ2n) is 9.60. The van der Waals surface area contributed by atoms with E-state index in [1.54, 1.807) is 62.1 Å². The molecule has 0 aliphatic carbocycles. The van der Waals surface area contributed by atoms with Crippen molar-refractivity contribution < 1.29 is 27.2 Å². The first-order chi connectivity index (χ1) is 15.8. The number of ether oxygens (including phenoxy) is 1. The molecule has 9 heteroatoms. The van der Waals surface area contributed by atoms with E-state index in [4.69, 9.17) is 8.92 Å². The van der Waals surface area contributed by atoms with E-state index >= 15 is 0 Å². The molecule has 0 radical (unpaired) electrons. The van der Waals surface area contributed by atoms with Crippen LogP contribution in [0.3, 0.4) is 0 Å². The Hall–Kier alpha value is -1.94. The van der Waals surface area contributed by atoms with Gasteiger partial charge >= 0.3 is 6.09 Å². The predicted molar refractivity (Wildman–Crippen MR) is 133 cm³/mol. The monoisotopic (exact) mass is 553 g/mol. The number of aryl methyl sites for hydroxylation is 1. The smallest absolute Gasteiger partial charge is 0.410 e. The van der Waals surface area contributed by atoms with Gasteiger partial charge in [0.2, 0.25) is 0 Å². The average molecular weight is 555 g/mol. The summed E-state index contributed by atoms with van der Waals surface area (Å²) in [5, 5.41) is 12.0. The molecule has 2 aromatic carbocycles. The Morgan fingerprint density at radius 2 is 1.74 bits per heavy atom. The van der Waals surface area contributed by atoms with Crippen LogP contribution in [0.2, 0.25) is 0 Å². The molecule has 1 N–H and O–H groups in total. The number of rotatable bonds is 7. The van der Waals surface area contributed by atoms with Crippen LogP contribution in [-0.2, 0) is 24.6 Å². The molecule has 34 heavy (non-hydrogen) atoms. The van der Waals surface area contributed by atoms with Crippen LogP contribution in [0, 0.1) is 6.92 Å². The molecule has 1 fully saturated rings.